The van der Waals surface area contributed by atoms with Gasteiger partial charge in [0.05, 0.1) is 19.3 Å². The van der Waals surface area contributed by atoms with Gasteiger partial charge in [-0.05, 0) is 0 Å². The van der Waals surface area contributed by atoms with Crippen LogP contribution in [0.4, 0.5) is 0 Å². The number of nitrogens with zero attached hydrogens (tertiary/aromatic N) is 5. The van der Waals surface area contributed by atoms with Crippen LogP contribution in [0.15, 0.2) is 29.7 Å². The molecule has 0 saturated carbocycles. The van der Waals surface area contributed by atoms with Gasteiger partial charge in [-0.2, -0.15) is 9.40 Å². The Kier molecular flexibility index (Phi) is 6.39. The van der Waals surface area contributed by atoms with Crippen molar-refractivity contribution in [3.63, 3.8) is 0 Å². The van der Waals surface area contributed by atoms with Gasteiger partial charge in [0.15, 0.2) is 0 Å². The van der Waals surface area contributed by atoms with Crippen LogP contribution >= 0.6 is 12.4 Å². The van der Waals surface area contributed by atoms with Crippen LogP contribution in [0.1, 0.15) is 11.9 Å². The number of methoxy groups -OCH3 is 1. The molecule has 1 saturated heterocycles. The van der Waals surface area contributed by atoms with E-state index in [0.717, 1.165) is 0 Å². The zero-order valence-corrected chi connectivity index (χ0v) is 16.0. The maximum atomic E-state index is 13.1. The minimum atomic E-state index is -3.77. The van der Waals surface area contributed by atoms with Crippen LogP contribution in [0.5, 0.6) is 0 Å². The number of ether oxygens (including phenoxy) is 1. The van der Waals surface area contributed by atoms with Gasteiger partial charge < -0.3 is 14.6 Å². The highest BCUT2D eigenvalue weighted by molar-refractivity contribution is 7.89. The molecule has 1 fully saturated rings. The van der Waals surface area contributed by atoms with Crippen LogP contribution in [0.2, 0.25) is 0 Å². The predicted octanol–water partition coefficient (Wildman–Crippen LogP) is -0.453. The summed E-state index contributed by atoms with van der Waals surface area (Å²) >= 11 is 0. The minimum Gasteiger partial charge on any atom is -0.468 e. The summed E-state index contributed by atoms with van der Waals surface area (Å²) in [5, 5.41) is 7.15. The molecule has 3 heterocycles. The van der Waals surface area contributed by atoms with Gasteiger partial charge in [0.25, 0.3) is 0 Å². The highest BCUT2D eigenvalue weighted by Gasteiger charge is 2.37. The summed E-state index contributed by atoms with van der Waals surface area (Å²) in [4.78, 5) is 15.7. The molecule has 144 valence electrons. The summed E-state index contributed by atoms with van der Waals surface area (Å²) in [6.07, 6.45) is 6.01. The van der Waals surface area contributed by atoms with Gasteiger partial charge in [-0.3, -0.25) is 9.48 Å². The maximum Gasteiger partial charge on any atom is 0.327 e. The number of esters is 1. The molecule has 0 aliphatic carbocycles. The van der Waals surface area contributed by atoms with Crippen LogP contribution in [-0.4, -0.2) is 64.8 Å². The Labute approximate surface area is 157 Å². The number of carbonyl (C=O) groups is 1. The number of piperazine rings is 1. The second kappa shape index (κ2) is 8.16. The van der Waals surface area contributed by atoms with Crippen molar-refractivity contribution in [2.75, 3.05) is 26.7 Å². The number of nitrogens with one attached hydrogen (secondary N) is 1. The Morgan fingerprint density at radius 1 is 1.46 bits per heavy atom. The fourth-order valence-corrected chi connectivity index (χ4v) is 4.33. The van der Waals surface area contributed by atoms with E-state index in [0.29, 0.717) is 25.5 Å². The van der Waals surface area contributed by atoms with Crippen molar-refractivity contribution in [3.05, 3.63) is 30.6 Å². The molecule has 0 aromatic carbocycles. The molecule has 0 bridgehead atoms. The monoisotopic (exact) mass is 404 g/mol. The van der Waals surface area contributed by atoms with Crippen molar-refractivity contribution in [3.8, 4) is 0 Å². The van der Waals surface area contributed by atoms with Gasteiger partial charge in [0.1, 0.15) is 17.3 Å². The molecular formula is C14H21ClN6O4S. The molecule has 26 heavy (non-hydrogen) atoms. The molecule has 0 radical (unpaired) electrons. The van der Waals surface area contributed by atoms with Gasteiger partial charge in [0.2, 0.25) is 10.0 Å². The number of imidazole rings is 1. The average Bonchev–Trinajstić information content (AvgIpc) is 3.24. The lowest BCUT2D eigenvalue weighted by Gasteiger charge is -2.34. The van der Waals surface area contributed by atoms with Gasteiger partial charge in [-0.25, -0.2) is 13.4 Å². The number of rotatable bonds is 5. The van der Waals surface area contributed by atoms with Crippen molar-refractivity contribution >= 4 is 28.4 Å². The van der Waals surface area contributed by atoms with E-state index < -0.39 is 22.0 Å². The Morgan fingerprint density at radius 3 is 2.88 bits per heavy atom. The zero-order valence-electron chi connectivity index (χ0n) is 14.4. The van der Waals surface area contributed by atoms with Crippen LogP contribution in [0.3, 0.4) is 0 Å². The third kappa shape index (κ3) is 3.90. The Morgan fingerprint density at radius 2 is 2.23 bits per heavy atom. The second-order valence-electron chi connectivity index (χ2n) is 5.68. The average molecular weight is 405 g/mol. The second-order valence-corrected chi connectivity index (χ2v) is 7.57. The van der Waals surface area contributed by atoms with E-state index in [2.05, 4.69) is 20.1 Å². The third-order valence-corrected chi connectivity index (χ3v) is 5.95. The Hall–Kier alpha value is -1.95. The molecule has 1 unspecified atom stereocenters. The molecule has 0 amide bonds. The van der Waals surface area contributed by atoms with Gasteiger partial charge in [-0.1, -0.05) is 0 Å². The smallest absolute Gasteiger partial charge is 0.327 e. The standard InChI is InChI=1S/C14H20N6O4S.ClH/c1-18-5-4-16-14(18)12-8-15-3-6-20(12)25(22,23)11-7-17-19(9-11)10-13(21)24-2;/h4-5,7,9,12,15H,3,6,8,10H2,1-2H3;1H. The molecular weight excluding hydrogens is 384 g/mol. The van der Waals surface area contributed by atoms with Crippen LogP contribution in [-0.2, 0) is 33.1 Å². The lowest BCUT2D eigenvalue weighted by molar-refractivity contribution is -0.141. The minimum absolute atomic E-state index is 0. The fourth-order valence-electron chi connectivity index (χ4n) is 2.79. The molecule has 1 atom stereocenters. The molecule has 1 aliphatic rings. The van der Waals surface area contributed by atoms with Gasteiger partial charge in [0, 0.05) is 45.3 Å². The van der Waals surface area contributed by atoms with E-state index in [1.165, 1.54) is 28.5 Å². The normalized spacial score (nSPS) is 18.3. The van der Waals surface area contributed by atoms with Gasteiger partial charge >= 0.3 is 5.97 Å². The first kappa shape index (κ1) is 20.4. The van der Waals surface area contributed by atoms with Crippen LogP contribution in [0, 0.1) is 0 Å². The number of carbonyl (C=O) groups excluding carboxylic acids is 1. The van der Waals surface area contributed by atoms with E-state index in [1.54, 1.807) is 17.0 Å². The van der Waals surface area contributed by atoms with Crippen LogP contribution in [0.25, 0.3) is 0 Å². The number of halogens is 1. The largest absolute Gasteiger partial charge is 0.468 e. The fraction of sp³-hybridized carbons (Fsp3) is 0.500. The van der Waals surface area contributed by atoms with Crippen molar-refractivity contribution in [1.82, 2.24) is 29.0 Å². The highest BCUT2D eigenvalue weighted by Crippen LogP contribution is 2.27. The molecule has 12 heteroatoms. The molecule has 1 N–H and O–H groups in total. The van der Waals surface area contributed by atoms with E-state index in [-0.39, 0.29) is 23.8 Å². The van der Waals surface area contributed by atoms with E-state index in [4.69, 9.17) is 0 Å². The van der Waals surface area contributed by atoms with Crippen molar-refractivity contribution in [2.24, 2.45) is 7.05 Å². The highest BCUT2D eigenvalue weighted by atomic mass is 35.5. The van der Waals surface area contributed by atoms with E-state index >= 15 is 0 Å². The first-order valence-electron chi connectivity index (χ1n) is 7.72. The Balaban J connectivity index is 0.00000243. The van der Waals surface area contributed by atoms with Crippen LogP contribution < -0.4 is 5.32 Å². The summed E-state index contributed by atoms with van der Waals surface area (Å²) in [5.74, 6) is 0.165. The van der Waals surface area contributed by atoms with Crippen molar-refractivity contribution < 1.29 is 17.9 Å². The molecule has 2 aromatic rings. The maximum absolute atomic E-state index is 13.1. The summed E-state index contributed by atoms with van der Waals surface area (Å²) in [7, 11) is -0.676. The lowest BCUT2D eigenvalue weighted by atomic mass is 10.2. The van der Waals surface area contributed by atoms with Crippen molar-refractivity contribution in [1.29, 1.82) is 0 Å². The number of hydrogen-bond donors (Lipinski definition) is 1. The quantitative estimate of drug-likeness (QED) is 0.671. The van der Waals surface area contributed by atoms with E-state index in [1.807, 2.05) is 7.05 Å². The SMILES string of the molecule is COC(=O)Cn1cc(S(=O)(=O)N2CCNCC2c2nccn2C)cn1.Cl. The number of sulfonamides is 1. The number of hydrogen-bond acceptors (Lipinski definition) is 7. The molecule has 1 aliphatic heterocycles. The number of aromatic nitrogens is 4. The Bertz CT molecular complexity index is 864. The first-order chi connectivity index (χ1) is 11.9. The lowest BCUT2D eigenvalue weighted by Crippen LogP contribution is -2.49. The van der Waals surface area contributed by atoms with Crippen molar-refractivity contribution in [2.45, 2.75) is 17.5 Å². The summed E-state index contributed by atoms with van der Waals surface area (Å²) in [6, 6.07) is -0.414. The number of aryl methyl sites for hydroxylation is 1. The first-order valence-corrected chi connectivity index (χ1v) is 9.16. The molecule has 10 nitrogen and oxygen atoms in total. The molecule has 2 aromatic heterocycles. The summed E-state index contributed by atoms with van der Waals surface area (Å²) in [5.41, 5.74) is 0. The zero-order chi connectivity index (χ0) is 18.0. The van der Waals surface area contributed by atoms with E-state index in [9.17, 15) is 13.2 Å². The summed E-state index contributed by atoms with van der Waals surface area (Å²) < 4.78 is 35.2. The third-order valence-electron chi connectivity index (χ3n) is 4.09. The van der Waals surface area contributed by atoms with Gasteiger partial charge in [-0.15, -0.1) is 12.4 Å². The molecule has 0 spiro atoms. The topological polar surface area (TPSA) is 111 Å². The summed E-state index contributed by atoms with van der Waals surface area (Å²) in [6.45, 7) is 1.20. The molecule has 3 rings (SSSR count). The predicted molar refractivity (Wildman–Crippen MR) is 94.2 cm³/mol.